The molecule has 0 fully saturated rings. The van der Waals surface area contributed by atoms with Gasteiger partial charge in [0, 0.05) is 5.33 Å². The molecule has 0 aromatic heterocycles. The summed E-state index contributed by atoms with van der Waals surface area (Å²) in [5, 5.41) is 0.893. The summed E-state index contributed by atoms with van der Waals surface area (Å²) in [4.78, 5) is 0. The van der Waals surface area contributed by atoms with Gasteiger partial charge in [-0.1, -0.05) is 40.2 Å². The number of hydrogen-bond donors (Lipinski definition) is 0. The van der Waals surface area contributed by atoms with Crippen molar-refractivity contribution in [1.29, 1.82) is 0 Å². The summed E-state index contributed by atoms with van der Waals surface area (Å²) >= 11 is 3.49. The number of halogens is 1. The van der Waals surface area contributed by atoms with Crippen molar-refractivity contribution in [3.8, 4) is 0 Å². The number of benzene rings is 1. The van der Waals surface area contributed by atoms with E-state index in [0.29, 0.717) is 0 Å². The minimum absolute atomic E-state index is 0.192. The van der Waals surface area contributed by atoms with Crippen LogP contribution in [0.5, 0.6) is 0 Å². The van der Waals surface area contributed by atoms with Crippen LogP contribution < -0.4 is 0 Å². The zero-order valence-corrected chi connectivity index (χ0v) is 13.4. The van der Waals surface area contributed by atoms with Gasteiger partial charge in [0.2, 0.25) is 0 Å². The van der Waals surface area contributed by atoms with Crippen LogP contribution in [0.4, 0.5) is 0 Å². The van der Waals surface area contributed by atoms with Crippen molar-refractivity contribution in [2.45, 2.75) is 44.4 Å². The fraction of sp³-hybridized carbons (Fsp3) is 0.538. The lowest BCUT2D eigenvalue weighted by Crippen LogP contribution is -2.36. The molecule has 0 spiro atoms. The highest BCUT2D eigenvalue weighted by Crippen LogP contribution is 2.29. The first kappa shape index (κ1) is 13.9. The topological polar surface area (TPSA) is 9.23 Å². The third-order valence-electron chi connectivity index (χ3n) is 2.34. The van der Waals surface area contributed by atoms with E-state index in [1.165, 1.54) is 11.1 Å². The van der Waals surface area contributed by atoms with Crippen LogP contribution in [0.1, 0.15) is 25.0 Å². The second-order valence-electron chi connectivity index (χ2n) is 5.56. The Bertz CT molecular complexity index is 355. The van der Waals surface area contributed by atoms with Gasteiger partial charge in [-0.2, -0.15) is 0 Å². The zero-order chi connectivity index (χ0) is 12.4. The number of hydrogen-bond acceptors (Lipinski definition) is 1. The summed E-state index contributed by atoms with van der Waals surface area (Å²) in [7, 11) is -1.51. The number of alkyl halides is 1. The molecule has 16 heavy (non-hydrogen) atoms. The van der Waals surface area contributed by atoms with Crippen molar-refractivity contribution in [1.82, 2.24) is 0 Å². The van der Waals surface area contributed by atoms with Crippen LogP contribution in [0.2, 0.25) is 19.6 Å². The molecule has 0 heterocycles. The van der Waals surface area contributed by atoms with Crippen LogP contribution in [0.15, 0.2) is 24.3 Å². The minimum atomic E-state index is -1.51. The van der Waals surface area contributed by atoms with Gasteiger partial charge in [0.25, 0.3) is 0 Å². The Morgan fingerprint density at radius 3 is 2.38 bits per heavy atom. The van der Waals surface area contributed by atoms with Crippen LogP contribution in [-0.4, -0.2) is 8.32 Å². The second kappa shape index (κ2) is 5.03. The molecule has 0 saturated carbocycles. The average Bonchev–Trinajstić information content (AvgIpc) is 2.14. The Morgan fingerprint density at radius 2 is 1.88 bits per heavy atom. The molecule has 0 aliphatic carbocycles. The van der Waals surface area contributed by atoms with Gasteiger partial charge in [-0.05, 0) is 44.6 Å². The SMILES string of the molecule is CC(C)(O[Si](C)(C)C)c1cccc(CBr)c1. The van der Waals surface area contributed by atoms with Gasteiger partial charge >= 0.3 is 0 Å². The van der Waals surface area contributed by atoms with Crippen LogP contribution in [0.3, 0.4) is 0 Å². The molecular formula is C13H21BrOSi. The van der Waals surface area contributed by atoms with Crippen molar-refractivity contribution < 1.29 is 4.43 Å². The maximum absolute atomic E-state index is 6.23. The molecule has 0 N–H and O–H groups in total. The minimum Gasteiger partial charge on any atom is -0.409 e. The first-order valence-corrected chi connectivity index (χ1v) is 10.1. The first-order valence-electron chi connectivity index (χ1n) is 5.60. The molecule has 0 aliphatic rings. The molecule has 3 heteroatoms. The lowest BCUT2D eigenvalue weighted by Gasteiger charge is -2.33. The predicted octanol–water partition coefficient (Wildman–Crippen LogP) is 4.67. The fourth-order valence-electron chi connectivity index (χ4n) is 1.85. The highest BCUT2D eigenvalue weighted by Gasteiger charge is 2.28. The van der Waals surface area contributed by atoms with Gasteiger partial charge in [0.1, 0.15) is 0 Å². The van der Waals surface area contributed by atoms with Gasteiger partial charge < -0.3 is 4.43 Å². The van der Waals surface area contributed by atoms with Crippen LogP contribution >= 0.6 is 15.9 Å². The van der Waals surface area contributed by atoms with Gasteiger partial charge in [0.15, 0.2) is 8.32 Å². The molecule has 1 aromatic rings. The third-order valence-corrected chi connectivity index (χ3v) is 4.11. The van der Waals surface area contributed by atoms with Crippen molar-refractivity contribution in [2.75, 3.05) is 0 Å². The highest BCUT2D eigenvalue weighted by molar-refractivity contribution is 9.08. The average molecular weight is 301 g/mol. The first-order chi connectivity index (χ1) is 7.24. The molecule has 0 amide bonds. The monoisotopic (exact) mass is 300 g/mol. The van der Waals surface area contributed by atoms with E-state index >= 15 is 0 Å². The van der Waals surface area contributed by atoms with E-state index < -0.39 is 8.32 Å². The van der Waals surface area contributed by atoms with E-state index in [1.54, 1.807) is 0 Å². The molecule has 1 aromatic carbocycles. The molecule has 1 rings (SSSR count). The maximum atomic E-state index is 6.23. The lowest BCUT2D eigenvalue weighted by molar-refractivity contribution is 0.0999. The normalized spacial score (nSPS) is 12.9. The molecule has 1 nitrogen and oxygen atoms in total. The maximum Gasteiger partial charge on any atom is 0.184 e. The van der Waals surface area contributed by atoms with Gasteiger partial charge in [-0.15, -0.1) is 0 Å². The van der Waals surface area contributed by atoms with E-state index in [9.17, 15) is 0 Å². The van der Waals surface area contributed by atoms with Crippen molar-refractivity contribution in [3.05, 3.63) is 35.4 Å². The van der Waals surface area contributed by atoms with Crippen molar-refractivity contribution in [3.63, 3.8) is 0 Å². The smallest absolute Gasteiger partial charge is 0.184 e. The Kier molecular flexibility index (Phi) is 4.38. The molecular weight excluding hydrogens is 280 g/mol. The van der Waals surface area contributed by atoms with E-state index in [4.69, 9.17) is 4.43 Å². The largest absolute Gasteiger partial charge is 0.409 e. The summed E-state index contributed by atoms with van der Waals surface area (Å²) in [5.74, 6) is 0. The summed E-state index contributed by atoms with van der Waals surface area (Å²) in [6.45, 7) is 11.0. The molecule has 0 atom stereocenters. The quantitative estimate of drug-likeness (QED) is 0.580. The van der Waals surface area contributed by atoms with E-state index in [1.807, 2.05) is 0 Å². The summed E-state index contributed by atoms with van der Waals surface area (Å²) in [5.41, 5.74) is 2.36. The van der Waals surface area contributed by atoms with Crippen LogP contribution in [-0.2, 0) is 15.4 Å². The Balaban J connectivity index is 2.97. The molecule has 90 valence electrons. The van der Waals surface area contributed by atoms with Gasteiger partial charge in [-0.3, -0.25) is 0 Å². The molecule has 0 unspecified atom stereocenters. The van der Waals surface area contributed by atoms with Crippen molar-refractivity contribution in [2.24, 2.45) is 0 Å². The second-order valence-corrected chi connectivity index (χ2v) is 10.5. The summed E-state index contributed by atoms with van der Waals surface area (Å²) in [6, 6.07) is 8.59. The standard InChI is InChI=1S/C13H21BrOSi/c1-13(2,15-16(3,4)5)12-8-6-7-11(9-12)10-14/h6-9H,10H2,1-5H3. The van der Waals surface area contributed by atoms with E-state index in [2.05, 4.69) is 73.7 Å². The van der Waals surface area contributed by atoms with E-state index in [-0.39, 0.29) is 5.60 Å². The van der Waals surface area contributed by atoms with Gasteiger partial charge in [-0.25, -0.2) is 0 Å². The zero-order valence-electron chi connectivity index (χ0n) is 10.8. The van der Waals surface area contributed by atoms with Crippen molar-refractivity contribution >= 4 is 24.2 Å². The van der Waals surface area contributed by atoms with E-state index in [0.717, 1.165) is 5.33 Å². The third kappa shape index (κ3) is 4.04. The Hall–Kier alpha value is -0.123. The van der Waals surface area contributed by atoms with Crippen LogP contribution in [0.25, 0.3) is 0 Å². The Labute approximate surface area is 108 Å². The molecule has 0 saturated heterocycles. The molecule has 0 bridgehead atoms. The fourth-order valence-corrected chi connectivity index (χ4v) is 3.85. The van der Waals surface area contributed by atoms with Crippen LogP contribution in [0, 0.1) is 0 Å². The Morgan fingerprint density at radius 1 is 1.25 bits per heavy atom. The highest BCUT2D eigenvalue weighted by atomic mass is 79.9. The summed E-state index contributed by atoms with van der Waals surface area (Å²) < 4.78 is 6.23. The van der Waals surface area contributed by atoms with Gasteiger partial charge in [0.05, 0.1) is 5.60 Å². The number of rotatable bonds is 4. The predicted molar refractivity (Wildman–Crippen MR) is 76.5 cm³/mol. The molecule has 0 radical (unpaired) electrons. The molecule has 0 aliphatic heterocycles. The lowest BCUT2D eigenvalue weighted by atomic mass is 9.97. The summed E-state index contributed by atoms with van der Waals surface area (Å²) in [6.07, 6.45) is 0.